The molecule has 0 radical (unpaired) electrons. The molecule has 2 atom stereocenters. The molecule has 2 aromatic carbocycles. The van der Waals surface area contributed by atoms with Crippen molar-refractivity contribution in [2.75, 3.05) is 7.11 Å². The summed E-state index contributed by atoms with van der Waals surface area (Å²) < 4.78 is 5.57. The molecule has 0 spiro atoms. The molecule has 3 rings (SSSR count). The highest BCUT2D eigenvalue weighted by atomic mass is 16.5. The van der Waals surface area contributed by atoms with Crippen LogP contribution in [0.1, 0.15) is 30.4 Å². The molecule has 1 aliphatic carbocycles. The topological polar surface area (TPSA) is 12.5 Å². The van der Waals surface area contributed by atoms with E-state index < -0.39 is 0 Å². The summed E-state index contributed by atoms with van der Waals surface area (Å²) in [5, 5.41) is 0. The third-order valence-corrected chi connectivity index (χ3v) is 4.66. The Labute approximate surface area is 133 Å². The molecule has 1 unspecified atom stereocenters. The number of rotatable bonds is 6. The summed E-state index contributed by atoms with van der Waals surface area (Å²) >= 11 is 0. The zero-order valence-corrected chi connectivity index (χ0v) is 13.3. The summed E-state index contributed by atoms with van der Waals surface area (Å²) in [5.41, 5.74) is 2.78. The van der Waals surface area contributed by atoms with Crippen molar-refractivity contribution in [2.24, 2.45) is 0 Å². The standard InChI is InChI=1S/C20H25NO/c1-22-20-13-12-19(14-20)21(15-17-8-4-2-5-9-17)16-18-10-6-3-7-11-18/h2-11,19-20H,12-16H2,1H3/t19-,20?/m0/s1. The molecular weight excluding hydrogens is 270 g/mol. The molecule has 1 aliphatic rings. The predicted molar refractivity (Wildman–Crippen MR) is 90.6 cm³/mol. The molecule has 2 nitrogen and oxygen atoms in total. The Balaban J connectivity index is 1.73. The van der Waals surface area contributed by atoms with Crippen LogP contribution in [0.5, 0.6) is 0 Å². The van der Waals surface area contributed by atoms with Crippen LogP contribution in [-0.2, 0) is 17.8 Å². The summed E-state index contributed by atoms with van der Waals surface area (Å²) in [7, 11) is 1.84. The van der Waals surface area contributed by atoms with Crippen LogP contribution >= 0.6 is 0 Å². The maximum Gasteiger partial charge on any atom is 0.0586 e. The van der Waals surface area contributed by atoms with Crippen LogP contribution in [0, 0.1) is 0 Å². The fourth-order valence-electron chi connectivity index (χ4n) is 3.41. The van der Waals surface area contributed by atoms with Gasteiger partial charge < -0.3 is 4.74 Å². The first-order valence-electron chi connectivity index (χ1n) is 8.20. The maximum absolute atomic E-state index is 5.57. The van der Waals surface area contributed by atoms with Gasteiger partial charge in [0.05, 0.1) is 6.10 Å². The first-order valence-corrected chi connectivity index (χ1v) is 8.20. The lowest BCUT2D eigenvalue weighted by atomic mass is 10.1. The Bertz CT molecular complexity index is 513. The molecule has 0 amide bonds. The Morgan fingerprint density at radius 3 is 1.86 bits per heavy atom. The van der Waals surface area contributed by atoms with Crippen LogP contribution in [0.4, 0.5) is 0 Å². The van der Waals surface area contributed by atoms with E-state index in [9.17, 15) is 0 Å². The largest absolute Gasteiger partial charge is 0.381 e. The molecule has 0 bridgehead atoms. The van der Waals surface area contributed by atoms with Crippen LogP contribution < -0.4 is 0 Å². The Morgan fingerprint density at radius 2 is 1.41 bits per heavy atom. The SMILES string of the molecule is COC1CC[C@H](N(Cc2ccccc2)Cc2ccccc2)C1. The molecule has 0 saturated heterocycles. The molecule has 2 heteroatoms. The van der Waals surface area contributed by atoms with E-state index in [0.717, 1.165) is 19.5 Å². The van der Waals surface area contributed by atoms with Gasteiger partial charge in [-0.25, -0.2) is 0 Å². The highest BCUT2D eigenvalue weighted by Gasteiger charge is 2.29. The van der Waals surface area contributed by atoms with Crippen LogP contribution in [0.3, 0.4) is 0 Å². The summed E-state index contributed by atoms with van der Waals surface area (Å²) in [6.07, 6.45) is 3.99. The van der Waals surface area contributed by atoms with Crippen molar-refractivity contribution in [2.45, 2.75) is 44.5 Å². The summed E-state index contributed by atoms with van der Waals surface area (Å²) in [4.78, 5) is 2.61. The van der Waals surface area contributed by atoms with Gasteiger partial charge in [-0.05, 0) is 30.4 Å². The lowest BCUT2D eigenvalue weighted by Gasteiger charge is -2.29. The molecule has 22 heavy (non-hydrogen) atoms. The Hall–Kier alpha value is -1.64. The number of methoxy groups -OCH3 is 1. The van der Waals surface area contributed by atoms with E-state index in [0.29, 0.717) is 12.1 Å². The minimum Gasteiger partial charge on any atom is -0.381 e. The van der Waals surface area contributed by atoms with Gasteiger partial charge in [0.2, 0.25) is 0 Å². The summed E-state index contributed by atoms with van der Waals surface area (Å²) in [5.74, 6) is 0. The summed E-state index contributed by atoms with van der Waals surface area (Å²) in [6, 6.07) is 22.2. The zero-order chi connectivity index (χ0) is 15.2. The van der Waals surface area contributed by atoms with Crippen molar-refractivity contribution in [1.29, 1.82) is 0 Å². The van der Waals surface area contributed by atoms with Gasteiger partial charge in [-0.1, -0.05) is 60.7 Å². The third kappa shape index (κ3) is 3.96. The van der Waals surface area contributed by atoms with Gasteiger partial charge in [-0.15, -0.1) is 0 Å². The van der Waals surface area contributed by atoms with Gasteiger partial charge in [0.25, 0.3) is 0 Å². The third-order valence-electron chi connectivity index (χ3n) is 4.66. The van der Waals surface area contributed by atoms with Crippen LogP contribution in [0.25, 0.3) is 0 Å². The van der Waals surface area contributed by atoms with Crippen molar-refractivity contribution >= 4 is 0 Å². The molecule has 0 N–H and O–H groups in total. The van der Waals surface area contributed by atoms with Crippen LogP contribution in [0.15, 0.2) is 60.7 Å². The van der Waals surface area contributed by atoms with Crippen molar-refractivity contribution in [3.05, 3.63) is 71.8 Å². The Morgan fingerprint density at radius 1 is 0.864 bits per heavy atom. The second kappa shape index (κ2) is 7.57. The van der Waals surface area contributed by atoms with Gasteiger partial charge in [-0.2, -0.15) is 0 Å². The molecule has 0 heterocycles. The average molecular weight is 295 g/mol. The smallest absolute Gasteiger partial charge is 0.0586 e. The van der Waals surface area contributed by atoms with E-state index >= 15 is 0 Å². The zero-order valence-electron chi connectivity index (χ0n) is 13.3. The fourth-order valence-corrected chi connectivity index (χ4v) is 3.41. The maximum atomic E-state index is 5.57. The van der Waals surface area contributed by atoms with Crippen LogP contribution in [-0.4, -0.2) is 24.2 Å². The minimum absolute atomic E-state index is 0.430. The number of ether oxygens (including phenoxy) is 1. The normalized spacial score (nSPS) is 21.4. The van der Waals surface area contributed by atoms with Crippen LogP contribution in [0.2, 0.25) is 0 Å². The highest BCUT2D eigenvalue weighted by molar-refractivity contribution is 5.17. The molecule has 0 aromatic heterocycles. The van der Waals surface area contributed by atoms with Crippen molar-refractivity contribution in [3.63, 3.8) is 0 Å². The first kappa shape index (κ1) is 15.3. The van der Waals surface area contributed by atoms with Gasteiger partial charge in [0.15, 0.2) is 0 Å². The second-order valence-electron chi connectivity index (χ2n) is 6.20. The van der Waals surface area contributed by atoms with Gasteiger partial charge in [0.1, 0.15) is 0 Å². The van der Waals surface area contributed by atoms with Crippen molar-refractivity contribution < 1.29 is 4.74 Å². The van der Waals surface area contributed by atoms with Gasteiger partial charge in [-0.3, -0.25) is 4.90 Å². The monoisotopic (exact) mass is 295 g/mol. The van der Waals surface area contributed by atoms with Gasteiger partial charge in [0, 0.05) is 26.2 Å². The van der Waals surface area contributed by atoms with E-state index in [1.807, 2.05) is 7.11 Å². The lowest BCUT2D eigenvalue weighted by molar-refractivity contribution is 0.0937. The molecule has 116 valence electrons. The molecule has 1 saturated carbocycles. The number of hydrogen-bond donors (Lipinski definition) is 0. The summed E-state index contributed by atoms with van der Waals surface area (Å²) in [6.45, 7) is 2.02. The number of hydrogen-bond acceptors (Lipinski definition) is 2. The lowest BCUT2D eigenvalue weighted by Crippen LogP contribution is -2.33. The molecule has 2 aromatic rings. The minimum atomic E-state index is 0.430. The molecule has 1 fully saturated rings. The van der Waals surface area contributed by atoms with Crippen molar-refractivity contribution in [1.82, 2.24) is 4.90 Å². The second-order valence-corrected chi connectivity index (χ2v) is 6.20. The number of benzene rings is 2. The van der Waals surface area contributed by atoms with E-state index in [1.165, 1.54) is 24.0 Å². The highest BCUT2D eigenvalue weighted by Crippen LogP contribution is 2.28. The quantitative estimate of drug-likeness (QED) is 0.789. The van der Waals surface area contributed by atoms with E-state index in [-0.39, 0.29) is 0 Å². The fraction of sp³-hybridized carbons (Fsp3) is 0.400. The van der Waals surface area contributed by atoms with Crippen molar-refractivity contribution in [3.8, 4) is 0 Å². The number of nitrogens with zero attached hydrogens (tertiary/aromatic N) is 1. The Kier molecular flexibility index (Phi) is 5.25. The van der Waals surface area contributed by atoms with E-state index in [4.69, 9.17) is 4.74 Å². The predicted octanol–water partition coefficient (Wildman–Crippen LogP) is 4.26. The average Bonchev–Trinajstić information content (AvgIpc) is 3.05. The van der Waals surface area contributed by atoms with Gasteiger partial charge >= 0.3 is 0 Å². The van der Waals surface area contributed by atoms with E-state index in [1.54, 1.807) is 0 Å². The molecule has 0 aliphatic heterocycles. The first-order chi connectivity index (χ1) is 10.8. The molecular formula is C20H25NO. The van der Waals surface area contributed by atoms with E-state index in [2.05, 4.69) is 65.6 Å².